The summed E-state index contributed by atoms with van der Waals surface area (Å²) in [6.45, 7) is 1.38. The van der Waals surface area contributed by atoms with E-state index in [1.807, 2.05) is 18.6 Å². The number of fused-ring (bicyclic) bond motifs is 1. The Morgan fingerprint density at radius 1 is 1.25 bits per heavy atom. The van der Waals surface area contributed by atoms with Crippen LogP contribution in [0.4, 0.5) is 5.82 Å². The van der Waals surface area contributed by atoms with Crippen molar-refractivity contribution in [2.75, 3.05) is 18.2 Å². The molecular weight excluding hydrogens is 458 g/mol. The lowest BCUT2D eigenvalue weighted by atomic mass is 10.2. The number of thiazole rings is 2. The molecule has 0 atom stereocenters. The Morgan fingerprint density at radius 3 is 2.43 bits per heavy atom. The number of nitrogens with zero attached hydrogens (tertiary/aromatic N) is 4. The molecular formula is C16H14ClN5O2S4. The van der Waals surface area contributed by atoms with E-state index in [2.05, 4.69) is 15.0 Å². The van der Waals surface area contributed by atoms with Crippen molar-refractivity contribution in [3.8, 4) is 6.07 Å². The highest BCUT2D eigenvalue weighted by molar-refractivity contribution is 8.00. The van der Waals surface area contributed by atoms with Gasteiger partial charge in [-0.25, -0.2) is 15.0 Å². The van der Waals surface area contributed by atoms with Crippen molar-refractivity contribution in [3.63, 3.8) is 0 Å². The summed E-state index contributed by atoms with van der Waals surface area (Å²) in [5.74, 6) is -0.174. The number of halogens is 1. The fraction of sp³-hybridized carbons (Fsp3) is 0.250. The van der Waals surface area contributed by atoms with Gasteiger partial charge in [0.1, 0.15) is 22.5 Å². The monoisotopic (exact) mass is 471 g/mol. The van der Waals surface area contributed by atoms with Crippen LogP contribution in [0.3, 0.4) is 0 Å². The molecule has 28 heavy (non-hydrogen) atoms. The second-order valence-electron chi connectivity index (χ2n) is 5.13. The number of hydrogen-bond acceptors (Lipinski definition) is 11. The fourth-order valence-corrected chi connectivity index (χ4v) is 5.07. The molecule has 0 aliphatic rings. The zero-order valence-electron chi connectivity index (χ0n) is 15.0. The van der Waals surface area contributed by atoms with E-state index in [1.165, 1.54) is 47.6 Å². The predicted octanol–water partition coefficient (Wildman–Crippen LogP) is 4.55. The second-order valence-corrected chi connectivity index (χ2v) is 9.62. The maximum atomic E-state index is 11.5. The minimum Gasteiger partial charge on any atom is -0.382 e. The van der Waals surface area contributed by atoms with Gasteiger partial charge in [-0.2, -0.15) is 5.26 Å². The number of pyridine rings is 1. The average Bonchev–Trinajstić information content (AvgIpc) is 3.25. The fourth-order valence-electron chi connectivity index (χ4n) is 1.90. The number of thioether (sulfide) groups is 2. The molecule has 0 unspecified atom stereocenters. The minimum atomic E-state index is -0.243. The standard InChI is InChI=1S/C8H4ClN3S2.C8H10N2O2S2/c1-13-8-12-7-6(14-8)5(9)4(2-10)3-11-7;1-4(11)3-5(12)6-7(9)10-8(13-2)14-6/h3H,1H3;3,9H2,1-2H3. The van der Waals surface area contributed by atoms with Crippen molar-refractivity contribution >= 4 is 85.5 Å². The molecule has 0 aromatic carbocycles. The third-order valence-electron chi connectivity index (χ3n) is 3.11. The van der Waals surface area contributed by atoms with E-state index in [1.54, 1.807) is 11.8 Å². The Balaban J connectivity index is 0.000000200. The Bertz CT molecular complexity index is 1070. The third kappa shape index (κ3) is 5.42. The number of hydrogen-bond donors (Lipinski definition) is 1. The van der Waals surface area contributed by atoms with Gasteiger partial charge >= 0.3 is 0 Å². The first-order valence-corrected chi connectivity index (χ1v) is 12.0. The highest BCUT2D eigenvalue weighted by Gasteiger charge is 2.17. The predicted molar refractivity (Wildman–Crippen MR) is 117 cm³/mol. The molecule has 7 nitrogen and oxygen atoms in total. The van der Waals surface area contributed by atoms with E-state index in [4.69, 9.17) is 22.6 Å². The minimum absolute atomic E-state index is 0.0970. The van der Waals surface area contributed by atoms with E-state index in [0.717, 1.165) is 13.4 Å². The van der Waals surface area contributed by atoms with Crippen molar-refractivity contribution in [2.45, 2.75) is 22.0 Å². The van der Waals surface area contributed by atoms with E-state index >= 15 is 0 Å². The van der Waals surface area contributed by atoms with Gasteiger partial charge in [0.25, 0.3) is 0 Å². The van der Waals surface area contributed by atoms with Gasteiger partial charge in [0.05, 0.1) is 21.7 Å². The summed E-state index contributed by atoms with van der Waals surface area (Å²) in [6, 6.07) is 1.99. The number of nitrogen functional groups attached to an aromatic ring is 1. The Hall–Kier alpha value is -1.71. The smallest absolute Gasteiger partial charge is 0.183 e. The lowest BCUT2D eigenvalue weighted by Crippen LogP contribution is -2.05. The number of nitrogens with two attached hydrogens (primary N) is 1. The zero-order chi connectivity index (χ0) is 20.8. The van der Waals surface area contributed by atoms with Crippen LogP contribution in [-0.4, -0.2) is 39.0 Å². The quantitative estimate of drug-likeness (QED) is 0.324. The van der Waals surface area contributed by atoms with Gasteiger partial charge in [0.2, 0.25) is 0 Å². The van der Waals surface area contributed by atoms with E-state index < -0.39 is 0 Å². The van der Waals surface area contributed by atoms with Crippen LogP contribution in [0.5, 0.6) is 0 Å². The molecule has 0 radical (unpaired) electrons. The average molecular weight is 472 g/mol. The summed E-state index contributed by atoms with van der Waals surface area (Å²) in [6.07, 6.45) is 5.16. The first kappa shape index (κ1) is 22.6. The molecule has 3 heterocycles. The van der Waals surface area contributed by atoms with Gasteiger partial charge in [-0.15, -0.1) is 22.7 Å². The maximum Gasteiger partial charge on any atom is 0.183 e. The number of ketones is 2. The van der Waals surface area contributed by atoms with Gasteiger partial charge in [0.15, 0.2) is 20.1 Å². The van der Waals surface area contributed by atoms with Crippen LogP contribution in [-0.2, 0) is 4.79 Å². The number of aromatic nitrogens is 3. The van der Waals surface area contributed by atoms with E-state index in [9.17, 15) is 9.59 Å². The lowest BCUT2D eigenvalue weighted by Gasteiger charge is -1.93. The van der Waals surface area contributed by atoms with Crippen LogP contribution in [0.15, 0.2) is 14.9 Å². The molecule has 0 bridgehead atoms. The van der Waals surface area contributed by atoms with Crippen molar-refractivity contribution in [3.05, 3.63) is 21.7 Å². The number of nitriles is 1. The molecule has 12 heteroatoms. The van der Waals surface area contributed by atoms with Crippen LogP contribution in [0.25, 0.3) is 10.3 Å². The molecule has 0 fully saturated rings. The van der Waals surface area contributed by atoms with Crippen molar-refractivity contribution in [2.24, 2.45) is 0 Å². The molecule has 0 aliphatic carbocycles. The van der Waals surface area contributed by atoms with Crippen molar-refractivity contribution in [1.82, 2.24) is 15.0 Å². The summed E-state index contributed by atoms with van der Waals surface area (Å²) in [4.78, 5) is 34.9. The largest absolute Gasteiger partial charge is 0.382 e. The van der Waals surface area contributed by atoms with Crippen LogP contribution in [0.2, 0.25) is 5.02 Å². The molecule has 0 saturated heterocycles. The number of anilines is 1. The van der Waals surface area contributed by atoms with Crippen molar-refractivity contribution in [1.29, 1.82) is 5.26 Å². The summed E-state index contributed by atoms with van der Waals surface area (Å²) in [5, 5.41) is 9.20. The summed E-state index contributed by atoms with van der Waals surface area (Å²) >= 11 is 11.7. The van der Waals surface area contributed by atoms with Crippen LogP contribution < -0.4 is 5.73 Å². The molecule has 3 rings (SSSR count). The molecule has 0 spiro atoms. The normalized spacial score (nSPS) is 10.2. The molecule has 0 aliphatic heterocycles. The number of carbonyl (C=O) groups is 2. The third-order valence-corrected chi connectivity index (χ3v) is 7.76. The van der Waals surface area contributed by atoms with Gasteiger partial charge in [0, 0.05) is 6.20 Å². The molecule has 3 aromatic rings. The van der Waals surface area contributed by atoms with Gasteiger partial charge < -0.3 is 5.73 Å². The molecule has 2 N–H and O–H groups in total. The Kier molecular flexibility index (Phi) is 8.21. The van der Waals surface area contributed by atoms with Gasteiger partial charge in [-0.05, 0) is 19.4 Å². The number of Topliss-reactive ketones (excluding diaryl/α,β-unsaturated/α-hetero) is 2. The molecule has 3 aromatic heterocycles. The van der Waals surface area contributed by atoms with Crippen LogP contribution >= 0.6 is 57.8 Å². The van der Waals surface area contributed by atoms with E-state index in [0.29, 0.717) is 21.1 Å². The number of carbonyl (C=O) groups excluding carboxylic acids is 2. The highest BCUT2D eigenvalue weighted by atomic mass is 35.5. The van der Waals surface area contributed by atoms with Crippen molar-refractivity contribution < 1.29 is 9.59 Å². The van der Waals surface area contributed by atoms with Gasteiger partial charge in [-0.1, -0.05) is 35.1 Å². The summed E-state index contributed by atoms with van der Waals surface area (Å²) in [7, 11) is 0. The highest BCUT2D eigenvalue weighted by Crippen LogP contribution is 2.33. The van der Waals surface area contributed by atoms with Crippen LogP contribution in [0.1, 0.15) is 28.6 Å². The van der Waals surface area contributed by atoms with E-state index in [-0.39, 0.29) is 23.8 Å². The Morgan fingerprint density at radius 2 is 1.89 bits per heavy atom. The second kappa shape index (κ2) is 10.2. The zero-order valence-corrected chi connectivity index (χ0v) is 19.0. The summed E-state index contributed by atoms with van der Waals surface area (Å²) in [5.41, 5.74) is 6.56. The molecule has 146 valence electrons. The lowest BCUT2D eigenvalue weighted by molar-refractivity contribution is -0.116. The molecule has 0 saturated carbocycles. The van der Waals surface area contributed by atoms with Crippen LogP contribution in [0, 0.1) is 11.3 Å². The first-order valence-electron chi connectivity index (χ1n) is 7.52. The summed E-state index contributed by atoms with van der Waals surface area (Å²) < 4.78 is 2.44. The SMILES string of the molecule is CSc1nc(N)c(C(=O)CC(C)=O)s1.CSc1nc2ncc(C#N)c(Cl)c2s1. The first-order chi connectivity index (χ1) is 13.3. The molecule has 0 amide bonds. The Labute approximate surface area is 182 Å². The van der Waals surface area contributed by atoms with Gasteiger partial charge in [-0.3, -0.25) is 9.59 Å². The topological polar surface area (TPSA) is 123 Å². The number of rotatable bonds is 5. The maximum absolute atomic E-state index is 11.5.